The van der Waals surface area contributed by atoms with Crippen molar-refractivity contribution in [3.63, 3.8) is 0 Å². The molecule has 3 aromatic carbocycles. The number of unbranched alkanes of at least 4 members (excludes halogenated alkanes) is 1. The number of carbonyl (C=O) groups excluding carboxylic acids is 1. The fourth-order valence-corrected chi connectivity index (χ4v) is 6.74. The molecule has 1 aromatic heterocycles. The number of hydrogen-bond acceptors (Lipinski definition) is 7. The molecule has 0 aliphatic carbocycles. The molecule has 1 atom stereocenters. The number of methoxy groups -OCH3 is 1. The number of thioether (sulfide) groups is 1. The Morgan fingerprint density at radius 2 is 1.98 bits per heavy atom. The first-order valence-electron chi connectivity index (χ1n) is 14.5. The van der Waals surface area contributed by atoms with Gasteiger partial charge in [0.05, 0.1) is 22.2 Å². The van der Waals surface area contributed by atoms with Crippen molar-refractivity contribution < 1.29 is 18.7 Å². The number of amides is 1. The molecule has 1 amide bonds. The summed E-state index contributed by atoms with van der Waals surface area (Å²) in [6.07, 6.45) is 2.10. The monoisotopic (exact) mass is 713 g/mol. The van der Waals surface area contributed by atoms with Gasteiger partial charge in [-0.25, -0.2) is 9.07 Å². The quantitative estimate of drug-likeness (QED) is 0.119. The van der Waals surface area contributed by atoms with Crippen LogP contribution in [0.5, 0.6) is 11.5 Å². The van der Waals surface area contributed by atoms with Gasteiger partial charge in [0.2, 0.25) is 11.1 Å². The molecule has 5 rings (SSSR count). The smallest absolute Gasteiger partial charge is 0.255 e. The number of nitrogens with zero attached hydrogens (tertiary/aromatic N) is 3. The van der Waals surface area contributed by atoms with Gasteiger partial charge >= 0.3 is 0 Å². The molecular formula is C33H34BrClFN5O3S. The third-order valence-electron chi connectivity index (χ3n) is 7.65. The molecule has 1 unspecified atom stereocenters. The van der Waals surface area contributed by atoms with Crippen molar-refractivity contribution in [3.05, 3.63) is 97.4 Å². The molecule has 0 saturated heterocycles. The number of halogens is 3. The standard InChI is InChI=1S/C33H34BrClFN5O3S/c1-6-7-14-45-33-39-32-37-20(4)28(31(42)38-26-13-8-10-18(2)19(26)3)29(41(32)40-33)21-15-23(34)30(27(16-21)43-5)44-17-22-24(35)11-9-12-25(22)36/h8-13,15-16,29H,6-7,14,17H2,1-5H3,(H,38,42)(H,37,39,40). The molecule has 1 aliphatic rings. The van der Waals surface area contributed by atoms with E-state index in [1.807, 2.05) is 45.0 Å². The molecule has 2 heterocycles. The van der Waals surface area contributed by atoms with Crippen molar-refractivity contribution in [2.24, 2.45) is 0 Å². The largest absolute Gasteiger partial charge is 0.493 e. The minimum absolute atomic E-state index is 0.110. The fourth-order valence-electron chi connectivity index (χ4n) is 5.03. The molecule has 0 spiro atoms. The minimum Gasteiger partial charge on any atom is -0.493 e. The topological polar surface area (TPSA) is 90.3 Å². The summed E-state index contributed by atoms with van der Waals surface area (Å²) in [6.45, 7) is 7.87. The van der Waals surface area contributed by atoms with Crippen molar-refractivity contribution in [1.29, 1.82) is 0 Å². The van der Waals surface area contributed by atoms with E-state index in [2.05, 4.69) is 33.5 Å². The highest BCUT2D eigenvalue weighted by Gasteiger charge is 2.35. The number of anilines is 2. The number of carbonyl (C=O) groups is 1. The van der Waals surface area contributed by atoms with E-state index < -0.39 is 11.9 Å². The van der Waals surface area contributed by atoms with Gasteiger partial charge in [-0.15, -0.1) is 5.10 Å². The highest BCUT2D eigenvalue weighted by Crippen LogP contribution is 2.44. The second kappa shape index (κ2) is 14.3. The SMILES string of the molecule is CCCCSc1nc2n(n1)C(c1cc(Br)c(OCc3c(F)cccc3Cl)c(OC)c1)C(C(=O)Nc1cccc(C)c1C)=C(C)N2. The van der Waals surface area contributed by atoms with Gasteiger partial charge in [-0.2, -0.15) is 4.98 Å². The first kappa shape index (κ1) is 32.8. The first-order valence-corrected chi connectivity index (χ1v) is 16.7. The number of fused-ring (bicyclic) bond motifs is 1. The predicted molar refractivity (Wildman–Crippen MR) is 181 cm³/mol. The number of benzene rings is 3. The van der Waals surface area contributed by atoms with E-state index in [9.17, 15) is 9.18 Å². The Kier molecular flexibility index (Phi) is 10.4. The number of aromatic nitrogens is 3. The van der Waals surface area contributed by atoms with Gasteiger partial charge in [0.1, 0.15) is 18.5 Å². The maximum absolute atomic E-state index is 14.5. The van der Waals surface area contributed by atoms with Gasteiger partial charge in [0.25, 0.3) is 5.91 Å². The second-order valence-electron chi connectivity index (χ2n) is 10.7. The summed E-state index contributed by atoms with van der Waals surface area (Å²) in [7, 11) is 1.52. The lowest BCUT2D eigenvalue weighted by atomic mass is 9.94. The summed E-state index contributed by atoms with van der Waals surface area (Å²) in [5.41, 5.74) is 4.86. The Bertz CT molecular complexity index is 1760. The van der Waals surface area contributed by atoms with E-state index >= 15 is 0 Å². The van der Waals surface area contributed by atoms with Crippen LogP contribution in [0.4, 0.5) is 16.0 Å². The maximum atomic E-state index is 14.5. The summed E-state index contributed by atoms with van der Waals surface area (Å²) < 4.78 is 28.5. The summed E-state index contributed by atoms with van der Waals surface area (Å²) in [4.78, 5) is 18.8. The van der Waals surface area contributed by atoms with Crippen molar-refractivity contribution in [1.82, 2.24) is 14.8 Å². The molecular weight excluding hydrogens is 681 g/mol. The van der Waals surface area contributed by atoms with Gasteiger partial charge in [-0.05, 0) is 90.1 Å². The number of ether oxygens (including phenoxy) is 2. The molecule has 0 radical (unpaired) electrons. The normalized spacial score (nSPS) is 14.2. The van der Waals surface area contributed by atoms with Crippen LogP contribution in [-0.4, -0.2) is 33.5 Å². The molecule has 0 saturated carbocycles. The van der Waals surface area contributed by atoms with Gasteiger partial charge in [-0.1, -0.05) is 54.9 Å². The molecule has 0 fully saturated rings. The Balaban J connectivity index is 1.56. The predicted octanol–water partition coefficient (Wildman–Crippen LogP) is 8.86. The van der Waals surface area contributed by atoms with Crippen LogP contribution in [-0.2, 0) is 11.4 Å². The Hall–Kier alpha value is -3.54. The van der Waals surface area contributed by atoms with E-state index in [-0.39, 0.29) is 23.1 Å². The number of hydrogen-bond donors (Lipinski definition) is 2. The average Bonchev–Trinajstić information content (AvgIpc) is 3.41. The zero-order valence-corrected chi connectivity index (χ0v) is 28.8. The summed E-state index contributed by atoms with van der Waals surface area (Å²) in [5.74, 6) is 1.43. The lowest BCUT2D eigenvalue weighted by molar-refractivity contribution is -0.113. The maximum Gasteiger partial charge on any atom is 0.255 e. The van der Waals surface area contributed by atoms with Crippen LogP contribution < -0.4 is 20.1 Å². The zero-order chi connectivity index (χ0) is 32.2. The van der Waals surface area contributed by atoms with Crippen molar-refractivity contribution >= 4 is 56.8 Å². The zero-order valence-electron chi connectivity index (χ0n) is 25.6. The lowest BCUT2D eigenvalue weighted by Gasteiger charge is -2.29. The Morgan fingerprint density at radius 1 is 1.20 bits per heavy atom. The highest BCUT2D eigenvalue weighted by molar-refractivity contribution is 9.10. The van der Waals surface area contributed by atoms with Gasteiger partial charge < -0.3 is 20.1 Å². The van der Waals surface area contributed by atoms with Gasteiger partial charge in [0.15, 0.2) is 11.5 Å². The molecule has 12 heteroatoms. The molecule has 45 heavy (non-hydrogen) atoms. The van der Waals surface area contributed by atoms with Crippen LogP contribution in [0, 0.1) is 19.7 Å². The van der Waals surface area contributed by atoms with Crippen molar-refractivity contribution in [2.45, 2.75) is 58.3 Å². The van der Waals surface area contributed by atoms with Crippen molar-refractivity contribution in [2.75, 3.05) is 23.5 Å². The van der Waals surface area contributed by atoms with E-state index in [4.69, 9.17) is 31.2 Å². The van der Waals surface area contributed by atoms with Crippen LogP contribution >= 0.6 is 39.3 Å². The summed E-state index contributed by atoms with van der Waals surface area (Å²) in [5, 5.41) is 12.1. The second-order valence-corrected chi connectivity index (χ2v) is 13.0. The van der Waals surface area contributed by atoms with Crippen LogP contribution in [0.2, 0.25) is 5.02 Å². The number of allylic oxidation sites excluding steroid dienone is 1. The van der Waals surface area contributed by atoms with Crippen molar-refractivity contribution in [3.8, 4) is 11.5 Å². The van der Waals surface area contributed by atoms with E-state index in [0.717, 1.165) is 35.4 Å². The van der Waals surface area contributed by atoms with Gasteiger partial charge in [-0.3, -0.25) is 4.79 Å². The summed E-state index contributed by atoms with van der Waals surface area (Å²) >= 11 is 11.4. The van der Waals surface area contributed by atoms with E-state index in [1.165, 1.54) is 13.2 Å². The molecule has 4 aromatic rings. The molecule has 2 N–H and O–H groups in total. The van der Waals surface area contributed by atoms with E-state index in [0.29, 0.717) is 43.9 Å². The lowest BCUT2D eigenvalue weighted by Crippen LogP contribution is -2.31. The minimum atomic E-state index is -0.653. The van der Waals surface area contributed by atoms with Crippen LogP contribution in [0.15, 0.2) is 69.4 Å². The summed E-state index contributed by atoms with van der Waals surface area (Å²) in [6, 6.07) is 13.3. The Morgan fingerprint density at radius 3 is 2.71 bits per heavy atom. The molecule has 8 nitrogen and oxygen atoms in total. The van der Waals surface area contributed by atoms with Crippen LogP contribution in [0.25, 0.3) is 0 Å². The molecule has 1 aliphatic heterocycles. The molecule has 0 bridgehead atoms. The first-order chi connectivity index (χ1) is 21.6. The van der Waals surface area contributed by atoms with Crippen LogP contribution in [0.1, 0.15) is 55.0 Å². The van der Waals surface area contributed by atoms with E-state index in [1.54, 1.807) is 34.6 Å². The van der Waals surface area contributed by atoms with Gasteiger partial charge in [0, 0.05) is 22.7 Å². The Labute approximate surface area is 279 Å². The van der Waals surface area contributed by atoms with Crippen LogP contribution in [0.3, 0.4) is 0 Å². The highest BCUT2D eigenvalue weighted by atomic mass is 79.9. The number of nitrogens with one attached hydrogen (secondary N) is 2. The third-order valence-corrected chi connectivity index (χ3v) is 9.52. The number of aryl methyl sites for hydroxylation is 1. The molecule has 236 valence electrons. The fraction of sp³-hybridized carbons (Fsp3) is 0.303. The average molecular weight is 715 g/mol. The third kappa shape index (κ3) is 7.00. The number of rotatable bonds is 11.